The van der Waals surface area contributed by atoms with Crippen LogP contribution in [0.5, 0.6) is 5.75 Å². The van der Waals surface area contributed by atoms with E-state index < -0.39 is 0 Å². The van der Waals surface area contributed by atoms with Gasteiger partial charge in [0.15, 0.2) is 5.11 Å². The van der Waals surface area contributed by atoms with E-state index in [-0.39, 0.29) is 0 Å². The molecule has 1 saturated heterocycles. The van der Waals surface area contributed by atoms with Crippen LogP contribution in [-0.4, -0.2) is 49.3 Å². The summed E-state index contributed by atoms with van der Waals surface area (Å²) in [6, 6.07) is 8.88. The number of hydrogen-bond donors (Lipinski definition) is 1. The molecule has 2 atom stereocenters. The second-order valence-electron chi connectivity index (χ2n) is 6.99. The second kappa shape index (κ2) is 8.06. The summed E-state index contributed by atoms with van der Waals surface area (Å²) in [5.41, 5.74) is 1.26. The molecule has 5 heteroatoms. The van der Waals surface area contributed by atoms with Gasteiger partial charge in [-0.05, 0) is 55.2 Å². The second-order valence-corrected chi connectivity index (χ2v) is 7.38. The molecule has 0 spiro atoms. The zero-order chi connectivity index (χ0) is 16.9. The summed E-state index contributed by atoms with van der Waals surface area (Å²) in [4.78, 5) is 4.75. The fourth-order valence-corrected chi connectivity index (χ4v) is 4.08. The summed E-state index contributed by atoms with van der Waals surface area (Å²) < 4.78 is 5.23. The number of rotatable bonds is 3. The van der Waals surface area contributed by atoms with Crippen LogP contribution in [0, 0.1) is 5.92 Å². The number of anilines is 1. The molecule has 1 saturated carbocycles. The SMILES string of the molecule is COc1ccc(N2CCN(C(=S)N[C@H]3CCCC[C@@H]3C)CC2)cc1. The van der Waals surface area contributed by atoms with E-state index in [1.165, 1.54) is 31.4 Å². The van der Waals surface area contributed by atoms with E-state index >= 15 is 0 Å². The molecular formula is C19H29N3OS. The van der Waals surface area contributed by atoms with Crippen molar-refractivity contribution in [1.82, 2.24) is 10.2 Å². The maximum Gasteiger partial charge on any atom is 0.169 e. The summed E-state index contributed by atoms with van der Waals surface area (Å²) in [7, 11) is 1.70. The number of piperazine rings is 1. The number of nitrogens with zero attached hydrogens (tertiary/aromatic N) is 2. The summed E-state index contributed by atoms with van der Waals surface area (Å²) in [6.07, 6.45) is 5.28. The van der Waals surface area contributed by atoms with Gasteiger partial charge in [0.1, 0.15) is 5.75 Å². The van der Waals surface area contributed by atoms with E-state index in [2.05, 4.69) is 34.2 Å². The Morgan fingerprint density at radius 3 is 2.38 bits per heavy atom. The molecule has 1 N–H and O–H groups in total. The number of benzene rings is 1. The fraction of sp³-hybridized carbons (Fsp3) is 0.632. The summed E-state index contributed by atoms with van der Waals surface area (Å²) in [6.45, 7) is 6.34. The summed E-state index contributed by atoms with van der Waals surface area (Å²) in [5.74, 6) is 1.64. The van der Waals surface area contributed by atoms with Crippen molar-refractivity contribution in [2.24, 2.45) is 5.92 Å². The number of nitrogens with one attached hydrogen (secondary N) is 1. The Kier molecular flexibility index (Phi) is 5.82. The largest absolute Gasteiger partial charge is 0.497 e. The highest BCUT2D eigenvalue weighted by atomic mass is 32.1. The maximum absolute atomic E-state index is 5.68. The molecule has 132 valence electrons. The van der Waals surface area contributed by atoms with E-state index in [4.69, 9.17) is 17.0 Å². The summed E-state index contributed by atoms with van der Waals surface area (Å²) >= 11 is 5.68. The Balaban J connectivity index is 1.49. The van der Waals surface area contributed by atoms with Crippen LogP contribution in [0.1, 0.15) is 32.6 Å². The monoisotopic (exact) mass is 347 g/mol. The van der Waals surface area contributed by atoms with Crippen LogP contribution in [0.4, 0.5) is 5.69 Å². The van der Waals surface area contributed by atoms with Crippen molar-refractivity contribution in [1.29, 1.82) is 0 Å². The van der Waals surface area contributed by atoms with Crippen molar-refractivity contribution < 1.29 is 4.74 Å². The highest BCUT2D eigenvalue weighted by Gasteiger charge is 2.25. The molecule has 24 heavy (non-hydrogen) atoms. The third-order valence-electron chi connectivity index (χ3n) is 5.42. The lowest BCUT2D eigenvalue weighted by atomic mass is 9.86. The van der Waals surface area contributed by atoms with E-state index in [0.717, 1.165) is 43.0 Å². The van der Waals surface area contributed by atoms with E-state index in [0.29, 0.717) is 6.04 Å². The van der Waals surface area contributed by atoms with Crippen LogP contribution in [0.2, 0.25) is 0 Å². The normalized spacial score (nSPS) is 24.6. The van der Waals surface area contributed by atoms with Crippen LogP contribution in [0.15, 0.2) is 24.3 Å². The molecule has 1 heterocycles. The van der Waals surface area contributed by atoms with Crippen molar-refractivity contribution >= 4 is 23.0 Å². The van der Waals surface area contributed by atoms with E-state index in [9.17, 15) is 0 Å². The topological polar surface area (TPSA) is 27.7 Å². The number of hydrogen-bond acceptors (Lipinski definition) is 3. The standard InChI is InChI=1S/C19H29N3OS/c1-15-5-3-4-6-18(15)20-19(24)22-13-11-21(12-14-22)16-7-9-17(23-2)10-8-16/h7-10,15,18H,3-6,11-14H2,1-2H3,(H,20,24)/t15-,18-/m0/s1. The maximum atomic E-state index is 5.68. The molecule has 0 bridgehead atoms. The predicted molar refractivity (Wildman–Crippen MR) is 104 cm³/mol. The van der Waals surface area contributed by atoms with Gasteiger partial charge in [0.05, 0.1) is 7.11 Å². The van der Waals surface area contributed by atoms with Crippen LogP contribution in [-0.2, 0) is 0 Å². The first kappa shape index (κ1) is 17.3. The zero-order valence-corrected chi connectivity index (χ0v) is 15.6. The molecule has 0 unspecified atom stereocenters. The van der Waals surface area contributed by atoms with Crippen molar-refractivity contribution in [2.75, 3.05) is 38.2 Å². The van der Waals surface area contributed by atoms with Gasteiger partial charge in [0, 0.05) is 37.9 Å². The van der Waals surface area contributed by atoms with Crippen molar-refractivity contribution in [2.45, 2.75) is 38.6 Å². The van der Waals surface area contributed by atoms with E-state index in [1.54, 1.807) is 7.11 Å². The highest BCUT2D eigenvalue weighted by molar-refractivity contribution is 7.80. The van der Waals surface area contributed by atoms with Crippen molar-refractivity contribution in [3.63, 3.8) is 0 Å². The van der Waals surface area contributed by atoms with E-state index in [1.807, 2.05) is 12.1 Å². The van der Waals surface area contributed by atoms with Crippen LogP contribution in [0.3, 0.4) is 0 Å². The molecule has 2 fully saturated rings. The lowest BCUT2D eigenvalue weighted by Crippen LogP contribution is -2.54. The van der Waals surface area contributed by atoms with Crippen molar-refractivity contribution in [3.8, 4) is 5.75 Å². The minimum Gasteiger partial charge on any atom is -0.497 e. The molecule has 1 aromatic carbocycles. The molecule has 0 radical (unpaired) electrons. The molecule has 3 rings (SSSR count). The third kappa shape index (κ3) is 4.12. The van der Waals surface area contributed by atoms with Crippen LogP contribution < -0.4 is 15.0 Å². The van der Waals surface area contributed by atoms with Gasteiger partial charge in [0.2, 0.25) is 0 Å². The molecule has 2 aliphatic rings. The molecule has 1 aromatic rings. The average Bonchev–Trinajstić information content (AvgIpc) is 2.64. The minimum absolute atomic E-state index is 0.561. The van der Waals surface area contributed by atoms with Gasteiger partial charge in [-0.2, -0.15) is 0 Å². The van der Waals surface area contributed by atoms with Gasteiger partial charge in [-0.25, -0.2) is 0 Å². The average molecular weight is 348 g/mol. The molecular weight excluding hydrogens is 318 g/mol. The Morgan fingerprint density at radius 2 is 1.75 bits per heavy atom. The molecule has 0 amide bonds. The number of ether oxygens (including phenoxy) is 1. The molecule has 1 aliphatic heterocycles. The van der Waals surface area contributed by atoms with Gasteiger partial charge >= 0.3 is 0 Å². The first-order valence-electron chi connectivity index (χ1n) is 9.12. The van der Waals surface area contributed by atoms with Gasteiger partial charge in [0.25, 0.3) is 0 Å². The zero-order valence-electron chi connectivity index (χ0n) is 14.8. The quantitative estimate of drug-likeness (QED) is 0.847. The van der Waals surface area contributed by atoms with Crippen LogP contribution >= 0.6 is 12.2 Å². The Morgan fingerprint density at radius 1 is 1.08 bits per heavy atom. The number of methoxy groups -OCH3 is 1. The summed E-state index contributed by atoms with van der Waals surface area (Å²) in [5, 5.41) is 4.58. The Hall–Kier alpha value is -1.49. The highest BCUT2D eigenvalue weighted by Crippen LogP contribution is 2.24. The predicted octanol–water partition coefficient (Wildman–Crippen LogP) is 3.27. The van der Waals surface area contributed by atoms with Gasteiger partial charge in [-0.3, -0.25) is 0 Å². The minimum atomic E-state index is 0.561. The first-order chi connectivity index (χ1) is 11.7. The Bertz CT molecular complexity index is 540. The van der Waals surface area contributed by atoms with Crippen molar-refractivity contribution in [3.05, 3.63) is 24.3 Å². The van der Waals surface area contributed by atoms with Gasteiger partial charge in [-0.1, -0.05) is 19.8 Å². The smallest absolute Gasteiger partial charge is 0.169 e. The lowest BCUT2D eigenvalue weighted by Gasteiger charge is -2.39. The molecule has 4 nitrogen and oxygen atoms in total. The third-order valence-corrected chi connectivity index (χ3v) is 5.80. The van der Waals surface area contributed by atoms with Gasteiger partial charge < -0.3 is 19.9 Å². The fourth-order valence-electron chi connectivity index (χ4n) is 3.74. The first-order valence-corrected chi connectivity index (χ1v) is 9.52. The Labute approximate surface area is 151 Å². The molecule has 0 aromatic heterocycles. The van der Waals surface area contributed by atoms with Gasteiger partial charge in [-0.15, -0.1) is 0 Å². The van der Waals surface area contributed by atoms with Crippen LogP contribution in [0.25, 0.3) is 0 Å². The molecule has 1 aliphatic carbocycles. The lowest BCUT2D eigenvalue weighted by molar-refractivity contribution is 0.293. The number of thiocarbonyl (C=S) groups is 1.